The van der Waals surface area contributed by atoms with Crippen LogP contribution in [0, 0.1) is 0 Å². The molecule has 6 nitrogen and oxygen atoms in total. The number of H-pyrrole nitrogens is 1. The minimum absolute atomic E-state index is 0.0336. The van der Waals surface area contributed by atoms with E-state index in [1.165, 1.54) is 7.11 Å². The third-order valence-electron chi connectivity index (χ3n) is 3.06. The molecular formula is C13H16N2O4. The van der Waals surface area contributed by atoms with Crippen LogP contribution in [0.25, 0.3) is 10.9 Å². The molecule has 0 aliphatic heterocycles. The number of carbonyl (C=O) groups excluding carboxylic acids is 1. The lowest BCUT2D eigenvalue weighted by molar-refractivity contribution is 0.0252. The maximum absolute atomic E-state index is 11.4. The molecule has 1 heterocycles. The molecule has 0 aliphatic carbocycles. The highest BCUT2D eigenvalue weighted by Crippen LogP contribution is 2.27. The monoisotopic (exact) mass is 264 g/mol. The van der Waals surface area contributed by atoms with Gasteiger partial charge in [-0.05, 0) is 12.1 Å². The smallest absolute Gasteiger partial charge is 0.337 e. The summed E-state index contributed by atoms with van der Waals surface area (Å²) in [7, 11) is 1.31. The quantitative estimate of drug-likeness (QED) is 0.594. The van der Waals surface area contributed by atoms with Crippen molar-refractivity contribution in [3.05, 3.63) is 35.5 Å². The van der Waals surface area contributed by atoms with Gasteiger partial charge in [0.25, 0.3) is 0 Å². The first-order valence-electron chi connectivity index (χ1n) is 5.84. The van der Waals surface area contributed by atoms with Crippen molar-refractivity contribution >= 4 is 16.9 Å². The van der Waals surface area contributed by atoms with Gasteiger partial charge < -0.3 is 25.7 Å². The summed E-state index contributed by atoms with van der Waals surface area (Å²) in [5, 5.41) is 20.3. The number of benzene rings is 1. The number of ether oxygens (including phenoxy) is 1. The number of aromatic nitrogens is 1. The zero-order valence-corrected chi connectivity index (χ0v) is 10.5. The molecule has 0 amide bonds. The van der Waals surface area contributed by atoms with Crippen molar-refractivity contribution in [1.29, 1.82) is 0 Å². The molecule has 0 saturated carbocycles. The zero-order chi connectivity index (χ0) is 14.0. The molecule has 0 aliphatic rings. The summed E-state index contributed by atoms with van der Waals surface area (Å²) in [6.07, 6.45) is -0.503. The number of aliphatic hydroxyl groups is 2. The van der Waals surface area contributed by atoms with Gasteiger partial charge in [-0.3, -0.25) is 0 Å². The summed E-state index contributed by atoms with van der Waals surface area (Å²) in [5.41, 5.74) is 6.97. The van der Waals surface area contributed by atoms with Crippen LogP contribution in [0.15, 0.2) is 24.4 Å². The first-order chi connectivity index (χ1) is 9.08. The number of esters is 1. The van der Waals surface area contributed by atoms with Gasteiger partial charge in [0.15, 0.2) is 0 Å². The van der Waals surface area contributed by atoms with E-state index >= 15 is 0 Å². The summed E-state index contributed by atoms with van der Waals surface area (Å²) < 4.78 is 4.64. The SMILES string of the molecule is COC(=O)c1ccc2c(C(O)C(O)CN)c[nH]c2c1. The number of fused-ring (bicyclic) bond motifs is 1. The third-order valence-corrected chi connectivity index (χ3v) is 3.06. The lowest BCUT2D eigenvalue weighted by atomic mass is 10.0. The fraction of sp³-hybridized carbons (Fsp3) is 0.308. The van der Waals surface area contributed by atoms with Gasteiger partial charge in [0.1, 0.15) is 6.10 Å². The van der Waals surface area contributed by atoms with E-state index in [0.717, 1.165) is 5.39 Å². The van der Waals surface area contributed by atoms with Gasteiger partial charge in [-0.25, -0.2) is 4.79 Å². The molecular weight excluding hydrogens is 248 g/mol. The van der Waals surface area contributed by atoms with Crippen molar-refractivity contribution < 1.29 is 19.7 Å². The summed E-state index contributed by atoms with van der Waals surface area (Å²) in [4.78, 5) is 14.4. The van der Waals surface area contributed by atoms with Crippen LogP contribution < -0.4 is 5.73 Å². The molecule has 2 atom stereocenters. The predicted molar refractivity (Wildman–Crippen MR) is 69.7 cm³/mol. The van der Waals surface area contributed by atoms with E-state index in [1.54, 1.807) is 24.4 Å². The average Bonchev–Trinajstić information content (AvgIpc) is 2.87. The van der Waals surface area contributed by atoms with E-state index in [2.05, 4.69) is 9.72 Å². The van der Waals surface area contributed by atoms with E-state index in [1.807, 2.05) is 0 Å². The van der Waals surface area contributed by atoms with E-state index in [4.69, 9.17) is 5.73 Å². The number of hydrogen-bond donors (Lipinski definition) is 4. The molecule has 0 radical (unpaired) electrons. The van der Waals surface area contributed by atoms with Gasteiger partial charge in [-0.15, -0.1) is 0 Å². The van der Waals surface area contributed by atoms with Crippen molar-refractivity contribution in [2.45, 2.75) is 12.2 Å². The van der Waals surface area contributed by atoms with Gasteiger partial charge in [0.05, 0.1) is 18.8 Å². The summed E-state index contributed by atoms with van der Waals surface area (Å²) in [6, 6.07) is 4.93. The lowest BCUT2D eigenvalue weighted by Crippen LogP contribution is -2.27. The van der Waals surface area contributed by atoms with Crippen LogP contribution in [0.1, 0.15) is 22.0 Å². The molecule has 6 heteroatoms. The first kappa shape index (κ1) is 13.5. The highest BCUT2D eigenvalue weighted by atomic mass is 16.5. The van der Waals surface area contributed by atoms with Gasteiger partial charge in [0.2, 0.25) is 0 Å². The second-order valence-corrected chi connectivity index (χ2v) is 4.24. The Morgan fingerprint density at radius 1 is 1.47 bits per heavy atom. The van der Waals surface area contributed by atoms with E-state index < -0.39 is 18.2 Å². The lowest BCUT2D eigenvalue weighted by Gasteiger charge is -2.15. The number of aliphatic hydroxyl groups excluding tert-OH is 2. The third kappa shape index (κ3) is 2.46. The second-order valence-electron chi connectivity index (χ2n) is 4.24. The van der Waals surface area contributed by atoms with Crippen molar-refractivity contribution in [2.24, 2.45) is 5.73 Å². The Hall–Kier alpha value is -1.89. The fourth-order valence-corrected chi connectivity index (χ4v) is 1.97. The Labute approximate surface area is 109 Å². The Kier molecular flexibility index (Phi) is 3.84. The van der Waals surface area contributed by atoms with Crippen molar-refractivity contribution in [1.82, 2.24) is 4.98 Å². The van der Waals surface area contributed by atoms with Crippen LogP contribution in [-0.2, 0) is 4.74 Å². The Bertz CT molecular complexity index is 593. The van der Waals surface area contributed by atoms with E-state index in [0.29, 0.717) is 16.6 Å². The number of nitrogens with two attached hydrogens (primary N) is 1. The minimum Gasteiger partial charge on any atom is -0.465 e. The number of nitrogens with one attached hydrogen (secondary N) is 1. The van der Waals surface area contributed by atoms with E-state index in [9.17, 15) is 15.0 Å². The minimum atomic E-state index is -1.07. The maximum atomic E-state index is 11.4. The molecule has 2 unspecified atom stereocenters. The van der Waals surface area contributed by atoms with Crippen molar-refractivity contribution in [3.63, 3.8) is 0 Å². The van der Waals surface area contributed by atoms with Crippen LogP contribution in [-0.4, -0.2) is 40.9 Å². The van der Waals surface area contributed by atoms with Crippen molar-refractivity contribution in [3.8, 4) is 0 Å². The number of methoxy groups -OCH3 is 1. The average molecular weight is 264 g/mol. The van der Waals surface area contributed by atoms with Crippen LogP contribution in [0.5, 0.6) is 0 Å². The molecule has 0 fully saturated rings. The molecule has 5 N–H and O–H groups in total. The molecule has 0 spiro atoms. The van der Waals surface area contributed by atoms with Crippen molar-refractivity contribution in [2.75, 3.05) is 13.7 Å². The van der Waals surface area contributed by atoms with Gasteiger partial charge in [0, 0.05) is 29.2 Å². The maximum Gasteiger partial charge on any atom is 0.337 e. The number of rotatable bonds is 4. The van der Waals surface area contributed by atoms with Gasteiger partial charge >= 0.3 is 5.97 Å². The molecule has 0 bridgehead atoms. The van der Waals surface area contributed by atoms with Crippen LogP contribution in [0.4, 0.5) is 0 Å². The van der Waals surface area contributed by atoms with Crippen LogP contribution >= 0.6 is 0 Å². The number of carbonyl (C=O) groups is 1. The van der Waals surface area contributed by atoms with Gasteiger partial charge in [-0.1, -0.05) is 6.07 Å². The fourth-order valence-electron chi connectivity index (χ4n) is 1.97. The summed E-state index contributed by atoms with van der Waals surface area (Å²) >= 11 is 0. The van der Waals surface area contributed by atoms with Gasteiger partial charge in [-0.2, -0.15) is 0 Å². The molecule has 2 rings (SSSR count). The highest BCUT2D eigenvalue weighted by Gasteiger charge is 2.20. The highest BCUT2D eigenvalue weighted by molar-refractivity contribution is 5.95. The van der Waals surface area contributed by atoms with E-state index in [-0.39, 0.29) is 6.54 Å². The predicted octanol–water partition coefficient (Wildman–Crippen LogP) is 0.307. The molecule has 19 heavy (non-hydrogen) atoms. The summed E-state index contributed by atoms with van der Waals surface area (Å²) in [6.45, 7) is -0.0336. The molecule has 1 aromatic carbocycles. The zero-order valence-electron chi connectivity index (χ0n) is 10.5. The number of hydrogen-bond acceptors (Lipinski definition) is 5. The number of aromatic amines is 1. The molecule has 0 saturated heterocycles. The second kappa shape index (κ2) is 5.40. The summed E-state index contributed by atoms with van der Waals surface area (Å²) in [5.74, 6) is -0.430. The molecule has 102 valence electrons. The van der Waals surface area contributed by atoms with Crippen LogP contribution in [0.3, 0.4) is 0 Å². The Morgan fingerprint density at radius 3 is 2.84 bits per heavy atom. The first-order valence-corrected chi connectivity index (χ1v) is 5.84. The largest absolute Gasteiger partial charge is 0.465 e. The molecule has 2 aromatic rings. The molecule has 1 aromatic heterocycles. The Balaban J connectivity index is 2.42. The Morgan fingerprint density at radius 2 is 2.21 bits per heavy atom. The topological polar surface area (TPSA) is 109 Å². The van der Waals surface area contributed by atoms with Crippen LogP contribution in [0.2, 0.25) is 0 Å². The standard InChI is InChI=1S/C13H16N2O4/c1-19-13(18)7-2-3-8-9(6-15-10(8)4-7)12(17)11(16)5-14/h2-4,6,11-12,15-17H,5,14H2,1H3. The normalized spacial score (nSPS) is 14.3.